The van der Waals surface area contributed by atoms with Crippen molar-refractivity contribution in [3.05, 3.63) is 35.4 Å². The molecular weight excluding hydrogens is 256 g/mol. The van der Waals surface area contributed by atoms with E-state index in [0.29, 0.717) is 11.1 Å². The summed E-state index contributed by atoms with van der Waals surface area (Å²) in [6.45, 7) is 1.99. The fourth-order valence-electron chi connectivity index (χ4n) is 1.52. The molecule has 98 valence electrons. The highest BCUT2D eigenvalue weighted by molar-refractivity contribution is 6.30. The van der Waals surface area contributed by atoms with Gasteiger partial charge >= 0.3 is 11.9 Å². The van der Waals surface area contributed by atoms with Gasteiger partial charge in [-0.05, 0) is 18.6 Å². The number of hydrogen-bond donors (Lipinski definition) is 0. The first-order valence-electron chi connectivity index (χ1n) is 5.57. The summed E-state index contributed by atoms with van der Waals surface area (Å²) >= 11 is 5.94. The summed E-state index contributed by atoms with van der Waals surface area (Å²) in [5, 5.41) is -0.809. The van der Waals surface area contributed by atoms with Crippen LogP contribution in [0, 0.1) is 0 Å². The molecule has 1 unspecified atom stereocenters. The van der Waals surface area contributed by atoms with Crippen molar-refractivity contribution in [3.63, 3.8) is 0 Å². The molecule has 0 spiro atoms. The maximum absolute atomic E-state index is 11.5. The van der Waals surface area contributed by atoms with Gasteiger partial charge < -0.3 is 9.47 Å². The van der Waals surface area contributed by atoms with Crippen LogP contribution in [0.2, 0.25) is 0 Å². The summed E-state index contributed by atoms with van der Waals surface area (Å²) in [5.74, 6) is -0.933. The minimum atomic E-state index is -0.809. The normalized spacial score (nSPS) is 11.7. The molecule has 0 aliphatic rings. The van der Waals surface area contributed by atoms with Crippen LogP contribution in [0.25, 0.3) is 0 Å². The van der Waals surface area contributed by atoms with Gasteiger partial charge in [-0.25, -0.2) is 4.79 Å². The Morgan fingerprint density at radius 3 is 2.61 bits per heavy atom. The SMILES string of the molecule is CCOC(=O)C(Cl)Cc1ccccc1C(=O)OC. The van der Waals surface area contributed by atoms with Crippen LogP contribution < -0.4 is 0 Å². The number of ether oxygens (including phenoxy) is 2. The summed E-state index contributed by atoms with van der Waals surface area (Å²) in [5.41, 5.74) is 1.08. The number of rotatable bonds is 5. The van der Waals surface area contributed by atoms with Gasteiger partial charge in [-0.3, -0.25) is 4.79 Å². The van der Waals surface area contributed by atoms with Crippen molar-refractivity contribution < 1.29 is 19.1 Å². The van der Waals surface area contributed by atoms with Crippen molar-refractivity contribution in [2.45, 2.75) is 18.7 Å². The molecule has 5 heteroatoms. The second-order valence-corrected chi connectivity index (χ2v) is 4.10. The van der Waals surface area contributed by atoms with E-state index in [1.165, 1.54) is 7.11 Å². The summed E-state index contributed by atoms with van der Waals surface area (Å²) in [6, 6.07) is 6.87. The maximum Gasteiger partial charge on any atom is 0.338 e. The summed E-state index contributed by atoms with van der Waals surface area (Å²) in [6.07, 6.45) is 0.228. The Morgan fingerprint density at radius 2 is 2.00 bits per heavy atom. The van der Waals surface area contributed by atoms with E-state index < -0.39 is 17.3 Å². The van der Waals surface area contributed by atoms with E-state index in [1.807, 2.05) is 0 Å². The topological polar surface area (TPSA) is 52.6 Å². The molecular formula is C13H15ClO4. The quantitative estimate of drug-likeness (QED) is 0.608. The molecule has 18 heavy (non-hydrogen) atoms. The first-order chi connectivity index (χ1) is 8.60. The van der Waals surface area contributed by atoms with Crippen LogP contribution >= 0.6 is 11.6 Å². The summed E-state index contributed by atoms with van der Waals surface area (Å²) in [7, 11) is 1.31. The van der Waals surface area contributed by atoms with Gasteiger partial charge in [0.25, 0.3) is 0 Å². The number of hydrogen-bond acceptors (Lipinski definition) is 4. The van der Waals surface area contributed by atoms with Gasteiger partial charge in [0.15, 0.2) is 0 Å². The van der Waals surface area contributed by atoms with E-state index in [9.17, 15) is 9.59 Å². The van der Waals surface area contributed by atoms with Gasteiger partial charge in [-0.2, -0.15) is 0 Å². The number of carbonyl (C=O) groups is 2. The first-order valence-corrected chi connectivity index (χ1v) is 6.00. The lowest BCUT2D eigenvalue weighted by Crippen LogP contribution is -2.21. The van der Waals surface area contributed by atoms with Gasteiger partial charge in [0.1, 0.15) is 5.38 Å². The second kappa shape index (κ2) is 7.01. The fourth-order valence-corrected chi connectivity index (χ4v) is 1.75. The zero-order valence-corrected chi connectivity index (χ0v) is 11.1. The molecule has 0 saturated heterocycles. The number of methoxy groups -OCH3 is 1. The monoisotopic (exact) mass is 270 g/mol. The molecule has 1 aromatic rings. The van der Waals surface area contributed by atoms with E-state index >= 15 is 0 Å². The Balaban J connectivity index is 2.84. The molecule has 0 saturated carbocycles. The van der Waals surface area contributed by atoms with Crippen LogP contribution in [0.1, 0.15) is 22.8 Å². The Bertz CT molecular complexity index is 431. The minimum absolute atomic E-state index is 0.228. The summed E-state index contributed by atoms with van der Waals surface area (Å²) < 4.78 is 9.48. The Kier molecular flexibility index (Phi) is 5.65. The number of benzene rings is 1. The molecule has 0 aliphatic heterocycles. The van der Waals surface area contributed by atoms with E-state index in [2.05, 4.69) is 4.74 Å². The molecule has 1 atom stereocenters. The largest absolute Gasteiger partial charge is 0.465 e. The van der Waals surface area contributed by atoms with Gasteiger partial charge in [0, 0.05) is 6.42 Å². The van der Waals surface area contributed by atoms with Gasteiger partial charge in [0.2, 0.25) is 0 Å². The van der Waals surface area contributed by atoms with E-state index in [4.69, 9.17) is 16.3 Å². The molecule has 0 heterocycles. The minimum Gasteiger partial charge on any atom is -0.465 e. The molecule has 0 fully saturated rings. The highest BCUT2D eigenvalue weighted by atomic mass is 35.5. The molecule has 1 aromatic carbocycles. The van der Waals surface area contributed by atoms with Crippen LogP contribution in [0.4, 0.5) is 0 Å². The molecule has 0 bridgehead atoms. The molecule has 0 N–H and O–H groups in total. The zero-order valence-electron chi connectivity index (χ0n) is 10.3. The molecule has 0 aromatic heterocycles. The lowest BCUT2D eigenvalue weighted by molar-refractivity contribution is -0.142. The number of alkyl halides is 1. The Labute approximate surface area is 111 Å². The molecule has 0 amide bonds. The van der Waals surface area contributed by atoms with Crippen molar-refractivity contribution in [2.75, 3.05) is 13.7 Å². The third-order valence-electron chi connectivity index (χ3n) is 2.36. The second-order valence-electron chi connectivity index (χ2n) is 3.57. The van der Waals surface area contributed by atoms with Crippen molar-refractivity contribution >= 4 is 23.5 Å². The predicted octanol–water partition coefficient (Wildman–Crippen LogP) is 2.19. The van der Waals surface area contributed by atoms with Crippen molar-refractivity contribution in [2.24, 2.45) is 0 Å². The fraction of sp³-hybridized carbons (Fsp3) is 0.385. The van der Waals surface area contributed by atoms with Crippen LogP contribution in [-0.2, 0) is 20.7 Å². The van der Waals surface area contributed by atoms with E-state index in [0.717, 1.165) is 0 Å². The van der Waals surface area contributed by atoms with Crippen LogP contribution in [0.3, 0.4) is 0 Å². The first kappa shape index (κ1) is 14.5. The third kappa shape index (κ3) is 3.74. The average molecular weight is 271 g/mol. The zero-order chi connectivity index (χ0) is 13.5. The van der Waals surface area contributed by atoms with E-state index in [1.54, 1.807) is 31.2 Å². The third-order valence-corrected chi connectivity index (χ3v) is 2.70. The average Bonchev–Trinajstić information content (AvgIpc) is 2.38. The Hall–Kier alpha value is -1.55. The highest BCUT2D eigenvalue weighted by Crippen LogP contribution is 2.15. The lowest BCUT2D eigenvalue weighted by Gasteiger charge is -2.11. The lowest BCUT2D eigenvalue weighted by atomic mass is 10.0. The smallest absolute Gasteiger partial charge is 0.338 e. The highest BCUT2D eigenvalue weighted by Gasteiger charge is 2.20. The molecule has 0 radical (unpaired) electrons. The Morgan fingerprint density at radius 1 is 1.33 bits per heavy atom. The van der Waals surface area contributed by atoms with Gasteiger partial charge in [0.05, 0.1) is 19.3 Å². The van der Waals surface area contributed by atoms with Crippen molar-refractivity contribution in [1.82, 2.24) is 0 Å². The van der Waals surface area contributed by atoms with Crippen LogP contribution in [0.5, 0.6) is 0 Å². The standard InChI is InChI=1S/C13H15ClO4/c1-3-18-13(16)11(14)8-9-6-4-5-7-10(9)12(15)17-2/h4-7,11H,3,8H2,1-2H3. The molecule has 4 nitrogen and oxygen atoms in total. The molecule has 0 aliphatic carbocycles. The number of esters is 2. The maximum atomic E-state index is 11.5. The van der Waals surface area contributed by atoms with E-state index in [-0.39, 0.29) is 13.0 Å². The number of carbonyl (C=O) groups excluding carboxylic acids is 2. The van der Waals surface area contributed by atoms with Crippen molar-refractivity contribution in [1.29, 1.82) is 0 Å². The number of halogens is 1. The predicted molar refractivity (Wildman–Crippen MR) is 67.8 cm³/mol. The van der Waals surface area contributed by atoms with Gasteiger partial charge in [-0.1, -0.05) is 18.2 Å². The van der Waals surface area contributed by atoms with Crippen LogP contribution in [0.15, 0.2) is 24.3 Å². The van der Waals surface area contributed by atoms with Crippen LogP contribution in [-0.4, -0.2) is 31.0 Å². The molecule has 1 rings (SSSR count). The van der Waals surface area contributed by atoms with Gasteiger partial charge in [-0.15, -0.1) is 11.6 Å². The summed E-state index contributed by atoms with van der Waals surface area (Å²) in [4.78, 5) is 23.0. The van der Waals surface area contributed by atoms with Crippen molar-refractivity contribution in [3.8, 4) is 0 Å².